The number of ketones is 1. The van der Waals surface area contributed by atoms with Crippen molar-refractivity contribution in [3.63, 3.8) is 0 Å². The molecule has 0 radical (unpaired) electrons. The molecule has 5 heteroatoms. The molecule has 0 spiro atoms. The molecule has 0 amide bonds. The molecule has 0 aliphatic rings. The minimum Gasteiger partial charge on any atom is -0.294 e. The molecule has 0 saturated carbocycles. The fourth-order valence-corrected chi connectivity index (χ4v) is 2.60. The molecule has 0 aliphatic carbocycles. The van der Waals surface area contributed by atoms with Crippen molar-refractivity contribution in [3.05, 3.63) is 102 Å². The lowest BCUT2D eigenvalue weighted by Crippen LogP contribution is -2.02. The molecular weight excluding hydrogens is 336 g/mol. The summed E-state index contributed by atoms with van der Waals surface area (Å²) in [6.07, 6.45) is 0.477. The Kier molecular flexibility index (Phi) is 6.62. The largest absolute Gasteiger partial charge is 0.294 e. The van der Waals surface area contributed by atoms with Gasteiger partial charge in [0.15, 0.2) is 5.78 Å². The molecule has 25 heavy (non-hydrogen) atoms. The lowest BCUT2D eigenvalue weighted by Gasteiger charge is -2.00. The summed E-state index contributed by atoms with van der Waals surface area (Å²) >= 11 is 0. The number of hydrogen-bond donors (Lipinski definition) is 1. The maximum absolute atomic E-state index is 11.8. The van der Waals surface area contributed by atoms with E-state index in [1.54, 1.807) is 18.2 Å². The number of carbonyl (C=O) groups is 1. The van der Waals surface area contributed by atoms with Crippen molar-refractivity contribution < 1.29 is 17.8 Å². The molecule has 1 N–H and O–H groups in total. The first-order valence-corrected chi connectivity index (χ1v) is 9.05. The lowest BCUT2D eigenvalue weighted by molar-refractivity contribution is 0.0993. The highest BCUT2D eigenvalue weighted by Crippen LogP contribution is 2.07. The van der Waals surface area contributed by atoms with Crippen molar-refractivity contribution >= 4 is 15.9 Å². The Morgan fingerprint density at radius 3 is 1.60 bits per heavy atom. The topological polar surface area (TPSA) is 71.4 Å². The lowest BCUT2D eigenvalue weighted by atomic mass is 10.0. The highest BCUT2D eigenvalue weighted by atomic mass is 32.2. The SMILES string of the molecule is O=C(Cc1ccccc1)c1ccccc1.O=S(=O)(O)c1ccccc1. The average molecular weight is 354 g/mol. The predicted octanol–water partition coefficient (Wildman–Crippen LogP) is 4.05. The Bertz CT molecular complexity index is 890. The van der Waals surface area contributed by atoms with Gasteiger partial charge >= 0.3 is 0 Å². The van der Waals surface area contributed by atoms with Gasteiger partial charge in [0.05, 0.1) is 4.90 Å². The summed E-state index contributed by atoms with van der Waals surface area (Å²) in [5.74, 6) is 0.168. The Balaban J connectivity index is 0.000000196. The van der Waals surface area contributed by atoms with Gasteiger partial charge in [-0.1, -0.05) is 78.9 Å². The first-order valence-electron chi connectivity index (χ1n) is 7.61. The van der Waals surface area contributed by atoms with Gasteiger partial charge in [-0.3, -0.25) is 9.35 Å². The summed E-state index contributed by atoms with van der Waals surface area (Å²) in [7, 11) is -4.00. The summed E-state index contributed by atoms with van der Waals surface area (Å²) < 4.78 is 29.2. The van der Waals surface area contributed by atoms with Crippen LogP contribution < -0.4 is 0 Å². The van der Waals surface area contributed by atoms with E-state index in [1.807, 2.05) is 60.7 Å². The molecule has 0 saturated heterocycles. The van der Waals surface area contributed by atoms with Crippen molar-refractivity contribution in [2.75, 3.05) is 0 Å². The zero-order valence-corrected chi connectivity index (χ0v) is 14.3. The maximum Gasteiger partial charge on any atom is 0.294 e. The molecule has 128 valence electrons. The van der Waals surface area contributed by atoms with Gasteiger partial charge in [0.1, 0.15) is 0 Å². The van der Waals surface area contributed by atoms with Crippen LogP contribution >= 0.6 is 0 Å². The summed E-state index contributed by atoms with van der Waals surface area (Å²) in [5.41, 5.74) is 1.84. The molecule has 0 heterocycles. The van der Waals surface area contributed by atoms with Gasteiger partial charge in [0.25, 0.3) is 10.1 Å². The Morgan fingerprint density at radius 1 is 0.720 bits per heavy atom. The van der Waals surface area contributed by atoms with Crippen molar-refractivity contribution in [2.45, 2.75) is 11.3 Å². The van der Waals surface area contributed by atoms with Crippen LogP contribution in [0, 0.1) is 0 Å². The third kappa shape index (κ3) is 6.33. The molecule has 0 unspecified atom stereocenters. The van der Waals surface area contributed by atoms with Crippen LogP contribution in [0.5, 0.6) is 0 Å². The highest BCUT2D eigenvalue weighted by molar-refractivity contribution is 7.85. The maximum atomic E-state index is 11.8. The average Bonchev–Trinajstić information content (AvgIpc) is 2.64. The van der Waals surface area contributed by atoms with Crippen molar-refractivity contribution in [3.8, 4) is 0 Å². The van der Waals surface area contributed by atoms with Gasteiger partial charge in [-0.05, 0) is 17.7 Å². The van der Waals surface area contributed by atoms with Gasteiger partial charge in [0, 0.05) is 12.0 Å². The summed E-state index contributed by atoms with van der Waals surface area (Å²) in [4.78, 5) is 11.7. The Hall–Kier alpha value is -2.76. The smallest absolute Gasteiger partial charge is 0.294 e. The third-order valence-electron chi connectivity index (χ3n) is 3.34. The van der Waals surface area contributed by atoms with Gasteiger partial charge < -0.3 is 0 Å². The summed E-state index contributed by atoms with van der Waals surface area (Å²) in [6.45, 7) is 0. The van der Waals surface area contributed by atoms with E-state index in [-0.39, 0.29) is 10.7 Å². The minimum atomic E-state index is -4.00. The standard InChI is InChI=1S/C14H12O.C6H6O3S/c15-14(13-9-5-2-6-10-13)11-12-7-3-1-4-8-12;7-10(8,9)6-4-2-1-3-5-6/h1-10H,11H2;1-5H,(H,7,8,9). The van der Waals surface area contributed by atoms with Crippen LogP contribution in [-0.2, 0) is 16.5 Å². The van der Waals surface area contributed by atoms with Gasteiger partial charge in [0.2, 0.25) is 0 Å². The second-order valence-electron chi connectivity index (χ2n) is 5.24. The summed E-state index contributed by atoms with van der Waals surface area (Å²) in [6, 6.07) is 26.6. The fraction of sp³-hybridized carbons (Fsp3) is 0.0500. The van der Waals surface area contributed by atoms with Crippen LogP contribution in [0.2, 0.25) is 0 Å². The number of carbonyl (C=O) groups excluding carboxylic acids is 1. The molecule has 3 aromatic carbocycles. The molecule has 0 fully saturated rings. The molecule has 0 aromatic heterocycles. The normalized spacial score (nSPS) is 10.4. The third-order valence-corrected chi connectivity index (χ3v) is 4.21. The van der Waals surface area contributed by atoms with Crippen molar-refractivity contribution in [2.24, 2.45) is 0 Å². The molecule has 0 atom stereocenters. The molecule has 0 bridgehead atoms. The van der Waals surface area contributed by atoms with E-state index in [0.717, 1.165) is 11.1 Å². The fourth-order valence-electron chi connectivity index (χ4n) is 2.10. The zero-order chi connectivity index (χ0) is 18.1. The van der Waals surface area contributed by atoms with E-state index in [9.17, 15) is 13.2 Å². The van der Waals surface area contributed by atoms with Gasteiger partial charge in [-0.25, -0.2) is 0 Å². The van der Waals surface area contributed by atoms with Crippen LogP contribution in [0.4, 0.5) is 0 Å². The van der Waals surface area contributed by atoms with Gasteiger partial charge in [-0.15, -0.1) is 0 Å². The van der Waals surface area contributed by atoms with E-state index in [4.69, 9.17) is 4.55 Å². The van der Waals surface area contributed by atoms with Crippen LogP contribution in [0.3, 0.4) is 0 Å². The predicted molar refractivity (Wildman–Crippen MR) is 97.2 cm³/mol. The second kappa shape index (κ2) is 8.92. The molecule has 0 aliphatic heterocycles. The molecular formula is C20H18O4S. The first kappa shape index (κ1) is 18.6. The molecule has 3 rings (SSSR count). The minimum absolute atomic E-state index is 0.0741. The van der Waals surface area contributed by atoms with E-state index >= 15 is 0 Å². The molecule has 3 aromatic rings. The van der Waals surface area contributed by atoms with Gasteiger partial charge in [-0.2, -0.15) is 8.42 Å². The Morgan fingerprint density at radius 2 is 1.16 bits per heavy atom. The Labute approximate surface area is 147 Å². The molecule has 4 nitrogen and oxygen atoms in total. The van der Waals surface area contributed by atoms with Crippen molar-refractivity contribution in [1.82, 2.24) is 0 Å². The van der Waals surface area contributed by atoms with Crippen LogP contribution in [0.15, 0.2) is 95.9 Å². The van der Waals surface area contributed by atoms with E-state index in [0.29, 0.717) is 6.42 Å². The zero-order valence-electron chi connectivity index (χ0n) is 13.4. The number of Topliss-reactive ketones (excluding diaryl/α,β-unsaturated/α-hetero) is 1. The number of rotatable bonds is 4. The first-order chi connectivity index (χ1) is 12.0. The summed E-state index contributed by atoms with van der Waals surface area (Å²) in [5, 5.41) is 0. The monoisotopic (exact) mass is 354 g/mol. The van der Waals surface area contributed by atoms with E-state index in [1.165, 1.54) is 12.1 Å². The quantitative estimate of drug-likeness (QED) is 0.567. The van der Waals surface area contributed by atoms with Crippen LogP contribution in [-0.4, -0.2) is 18.8 Å². The second-order valence-corrected chi connectivity index (χ2v) is 6.66. The van der Waals surface area contributed by atoms with Crippen LogP contribution in [0.25, 0.3) is 0 Å². The number of benzene rings is 3. The van der Waals surface area contributed by atoms with E-state index < -0.39 is 10.1 Å². The highest BCUT2D eigenvalue weighted by Gasteiger charge is 2.06. The van der Waals surface area contributed by atoms with Crippen molar-refractivity contribution in [1.29, 1.82) is 0 Å². The van der Waals surface area contributed by atoms with Crippen LogP contribution in [0.1, 0.15) is 15.9 Å². The number of hydrogen-bond acceptors (Lipinski definition) is 3. The van der Waals surface area contributed by atoms with E-state index in [2.05, 4.69) is 0 Å².